The molecule has 0 saturated heterocycles. The van der Waals surface area contributed by atoms with Crippen LogP contribution in [0.3, 0.4) is 0 Å². The average Bonchev–Trinajstić information content (AvgIpc) is 2.93. The molecule has 0 aliphatic heterocycles. The Balaban J connectivity index is 1.71. The second-order valence-electron chi connectivity index (χ2n) is 8.71. The van der Waals surface area contributed by atoms with Crippen LogP contribution >= 0.6 is 0 Å². The van der Waals surface area contributed by atoms with Crippen molar-refractivity contribution < 1.29 is 29.3 Å². The fraction of sp³-hybridized carbons (Fsp3) is 0.233. The van der Waals surface area contributed by atoms with Crippen LogP contribution in [0.5, 0.6) is 17.2 Å². The molecule has 4 N–H and O–H groups in total. The van der Waals surface area contributed by atoms with E-state index < -0.39 is 23.6 Å². The molecule has 3 aromatic rings. The van der Waals surface area contributed by atoms with Crippen molar-refractivity contribution in [3.63, 3.8) is 0 Å². The zero-order valence-electron chi connectivity index (χ0n) is 21.4. The molecule has 1 atom stereocenters. The first kappa shape index (κ1) is 28.0. The van der Waals surface area contributed by atoms with Gasteiger partial charge in [-0.1, -0.05) is 55.5 Å². The van der Waals surface area contributed by atoms with E-state index in [2.05, 4.69) is 10.6 Å². The number of ether oxygens (including phenoxy) is 1. The molecular formula is C30H32N2O6. The lowest BCUT2D eigenvalue weighted by molar-refractivity contribution is -0.139. The molecule has 0 radical (unpaired) electrons. The number of nitrogens with one attached hydrogen (secondary N) is 2. The Morgan fingerprint density at radius 3 is 2.24 bits per heavy atom. The summed E-state index contributed by atoms with van der Waals surface area (Å²) in [7, 11) is 1.59. The van der Waals surface area contributed by atoms with Crippen molar-refractivity contribution in [3.05, 3.63) is 95.1 Å². The van der Waals surface area contributed by atoms with Crippen molar-refractivity contribution >= 4 is 23.7 Å². The molecule has 0 heterocycles. The number of carbonyl (C=O) groups excluding carboxylic acids is 3. The van der Waals surface area contributed by atoms with Crippen molar-refractivity contribution in [3.8, 4) is 17.2 Å². The van der Waals surface area contributed by atoms with Crippen LogP contribution in [0.25, 0.3) is 6.08 Å². The zero-order chi connectivity index (χ0) is 27.5. The number of hydrogen-bond acceptors (Lipinski definition) is 6. The number of hydrogen-bond donors (Lipinski definition) is 4. The normalized spacial score (nSPS) is 11.9. The summed E-state index contributed by atoms with van der Waals surface area (Å²) in [6.45, 7) is 2.04. The minimum absolute atomic E-state index is 0.147. The molecule has 8 heteroatoms. The number of aromatic hydroxyl groups is 2. The molecule has 0 unspecified atom stereocenters. The minimum Gasteiger partial charge on any atom is -0.504 e. The van der Waals surface area contributed by atoms with Gasteiger partial charge >= 0.3 is 0 Å². The predicted octanol–water partition coefficient (Wildman–Crippen LogP) is 3.56. The van der Waals surface area contributed by atoms with Gasteiger partial charge in [-0.05, 0) is 59.9 Å². The van der Waals surface area contributed by atoms with Gasteiger partial charge in [0.15, 0.2) is 11.5 Å². The topological polar surface area (TPSA) is 125 Å². The standard InChI is InChI=1S/C30H32N2O6/c1-3-23(17-22-11-14-26(33)27(34)19-22)29(36)32-25(18-21-7-5-4-6-8-21)28(35)30(37)31-16-15-20-9-12-24(38-2)13-10-20/h4-14,17,19,25,33-34H,3,15-16,18H2,1-2H3,(H,31,37)(H,32,36)/b23-17+/t25-/m0/s1. The lowest BCUT2D eigenvalue weighted by atomic mass is 10.0. The van der Waals surface area contributed by atoms with E-state index in [4.69, 9.17) is 4.74 Å². The van der Waals surface area contributed by atoms with Crippen molar-refractivity contribution in [1.82, 2.24) is 10.6 Å². The van der Waals surface area contributed by atoms with Gasteiger partial charge in [0.2, 0.25) is 11.7 Å². The monoisotopic (exact) mass is 516 g/mol. The van der Waals surface area contributed by atoms with Gasteiger partial charge in [0.05, 0.1) is 7.11 Å². The number of rotatable bonds is 12. The largest absolute Gasteiger partial charge is 0.504 e. The number of phenols is 2. The van der Waals surface area contributed by atoms with E-state index in [0.717, 1.165) is 16.9 Å². The van der Waals surface area contributed by atoms with E-state index in [1.807, 2.05) is 54.6 Å². The maximum absolute atomic E-state index is 13.1. The van der Waals surface area contributed by atoms with Gasteiger partial charge in [-0.25, -0.2) is 0 Å². The molecule has 0 spiro atoms. The Kier molecular flexibility index (Phi) is 10.0. The molecule has 0 aromatic heterocycles. The third kappa shape index (κ3) is 7.96. The molecule has 3 aromatic carbocycles. The quantitative estimate of drug-likeness (QED) is 0.166. The van der Waals surface area contributed by atoms with E-state index in [-0.39, 0.29) is 24.5 Å². The summed E-state index contributed by atoms with van der Waals surface area (Å²) in [4.78, 5) is 39.0. The van der Waals surface area contributed by atoms with Crippen LogP contribution in [0.1, 0.15) is 30.0 Å². The molecule has 3 rings (SSSR count). The first-order valence-electron chi connectivity index (χ1n) is 12.3. The van der Waals surface area contributed by atoms with E-state index in [0.29, 0.717) is 24.0 Å². The molecule has 0 bridgehead atoms. The number of ketones is 1. The highest BCUT2D eigenvalue weighted by atomic mass is 16.5. The van der Waals surface area contributed by atoms with Gasteiger partial charge in [0.25, 0.3) is 5.91 Å². The highest BCUT2D eigenvalue weighted by molar-refractivity contribution is 6.38. The number of phenolic OH excluding ortho intramolecular Hbond substituents is 2. The predicted molar refractivity (Wildman–Crippen MR) is 145 cm³/mol. The van der Waals surface area contributed by atoms with Crippen molar-refractivity contribution in [2.45, 2.75) is 32.2 Å². The number of amides is 2. The molecule has 0 aliphatic rings. The van der Waals surface area contributed by atoms with Crippen LogP contribution in [0.15, 0.2) is 78.4 Å². The van der Waals surface area contributed by atoms with Gasteiger partial charge < -0.3 is 25.6 Å². The molecule has 8 nitrogen and oxygen atoms in total. The summed E-state index contributed by atoms with van der Waals surface area (Å²) in [6.07, 6.45) is 2.58. The summed E-state index contributed by atoms with van der Waals surface area (Å²) in [5.41, 5.74) is 2.63. The molecular weight excluding hydrogens is 484 g/mol. The fourth-order valence-corrected chi connectivity index (χ4v) is 3.83. The molecule has 198 valence electrons. The number of methoxy groups -OCH3 is 1. The lowest BCUT2D eigenvalue weighted by Crippen LogP contribution is -2.49. The van der Waals surface area contributed by atoms with Crippen molar-refractivity contribution in [2.24, 2.45) is 0 Å². The maximum atomic E-state index is 13.1. The summed E-state index contributed by atoms with van der Waals surface area (Å²) in [5, 5.41) is 24.7. The van der Waals surface area contributed by atoms with Gasteiger partial charge in [0.1, 0.15) is 11.8 Å². The first-order chi connectivity index (χ1) is 18.3. The molecule has 38 heavy (non-hydrogen) atoms. The zero-order valence-corrected chi connectivity index (χ0v) is 21.4. The Hall–Kier alpha value is -4.59. The minimum atomic E-state index is -1.07. The molecule has 0 saturated carbocycles. The third-order valence-electron chi connectivity index (χ3n) is 6.00. The Bertz CT molecular complexity index is 1290. The molecule has 0 fully saturated rings. The number of Topliss-reactive ketones (excluding diaryl/α,β-unsaturated/α-hetero) is 1. The maximum Gasteiger partial charge on any atom is 0.289 e. The SMILES string of the molecule is CC/C(=C\c1ccc(O)c(O)c1)C(=O)N[C@@H](Cc1ccccc1)C(=O)C(=O)NCCc1ccc(OC)cc1. The highest BCUT2D eigenvalue weighted by Crippen LogP contribution is 2.26. The van der Waals surface area contributed by atoms with E-state index in [1.54, 1.807) is 26.2 Å². The average molecular weight is 517 g/mol. The Labute approximate surface area is 222 Å². The van der Waals surface area contributed by atoms with Crippen molar-refractivity contribution in [1.29, 1.82) is 0 Å². The van der Waals surface area contributed by atoms with Crippen LogP contribution in [0, 0.1) is 0 Å². The summed E-state index contributed by atoms with van der Waals surface area (Å²) < 4.78 is 5.14. The summed E-state index contributed by atoms with van der Waals surface area (Å²) >= 11 is 0. The number of carbonyl (C=O) groups is 3. The van der Waals surface area contributed by atoms with E-state index in [1.165, 1.54) is 12.1 Å². The Morgan fingerprint density at radius 1 is 0.895 bits per heavy atom. The van der Waals surface area contributed by atoms with Crippen molar-refractivity contribution in [2.75, 3.05) is 13.7 Å². The van der Waals surface area contributed by atoms with Gasteiger partial charge in [-0.2, -0.15) is 0 Å². The number of benzene rings is 3. The second-order valence-corrected chi connectivity index (χ2v) is 8.71. The summed E-state index contributed by atoms with van der Waals surface area (Å²) in [6, 6.07) is 19.7. The molecule has 2 amide bonds. The van der Waals surface area contributed by atoms with Crippen LogP contribution in [0.2, 0.25) is 0 Å². The van der Waals surface area contributed by atoms with Gasteiger partial charge in [-0.15, -0.1) is 0 Å². The van der Waals surface area contributed by atoms with Crippen LogP contribution in [-0.4, -0.2) is 47.5 Å². The first-order valence-corrected chi connectivity index (χ1v) is 12.3. The molecule has 0 aliphatic carbocycles. The third-order valence-corrected chi connectivity index (χ3v) is 6.00. The highest BCUT2D eigenvalue weighted by Gasteiger charge is 2.27. The van der Waals surface area contributed by atoms with Crippen LogP contribution in [-0.2, 0) is 27.2 Å². The van der Waals surface area contributed by atoms with E-state index in [9.17, 15) is 24.6 Å². The van der Waals surface area contributed by atoms with Crippen LogP contribution < -0.4 is 15.4 Å². The summed E-state index contributed by atoms with van der Waals surface area (Å²) in [5.74, 6) is -1.86. The second kappa shape index (κ2) is 13.6. The van der Waals surface area contributed by atoms with Crippen LogP contribution in [0.4, 0.5) is 0 Å². The van der Waals surface area contributed by atoms with Gasteiger partial charge in [0, 0.05) is 18.5 Å². The smallest absolute Gasteiger partial charge is 0.289 e. The lowest BCUT2D eigenvalue weighted by Gasteiger charge is -2.18. The van der Waals surface area contributed by atoms with E-state index >= 15 is 0 Å². The fourth-order valence-electron chi connectivity index (χ4n) is 3.83. The Morgan fingerprint density at radius 2 is 1.61 bits per heavy atom. The van der Waals surface area contributed by atoms with Gasteiger partial charge in [-0.3, -0.25) is 14.4 Å².